The zero-order valence-electron chi connectivity index (χ0n) is 18.3. The van der Waals surface area contributed by atoms with Crippen molar-refractivity contribution in [2.75, 3.05) is 19.0 Å². The molecule has 0 saturated heterocycles. The van der Waals surface area contributed by atoms with Crippen LogP contribution in [0.25, 0.3) is 0 Å². The fourth-order valence-corrected chi connectivity index (χ4v) is 5.50. The smallest absolute Gasteiger partial charge is 0.240 e. The lowest BCUT2D eigenvalue weighted by Crippen LogP contribution is -2.34. The SMILES string of the molecule is CCOc1cc(CNc2ccc(S(=O)(=O)NC(C)C3CC3)cc2S(N)(=O)=O)ccc1OC. The highest BCUT2D eigenvalue weighted by Crippen LogP contribution is 2.33. The van der Waals surface area contributed by atoms with E-state index in [0.717, 1.165) is 24.5 Å². The molecule has 1 saturated carbocycles. The molecule has 3 rings (SSSR count). The highest BCUT2D eigenvalue weighted by molar-refractivity contribution is 7.90. The van der Waals surface area contributed by atoms with Gasteiger partial charge in [0.05, 0.1) is 24.3 Å². The minimum atomic E-state index is -4.18. The first kappa shape index (κ1) is 24.3. The molecule has 0 amide bonds. The van der Waals surface area contributed by atoms with Gasteiger partial charge in [0.15, 0.2) is 11.5 Å². The molecule has 4 N–H and O–H groups in total. The summed E-state index contributed by atoms with van der Waals surface area (Å²) in [6, 6.07) is 8.98. The summed E-state index contributed by atoms with van der Waals surface area (Å²) in [7, 11) is -6.51. The maximum atomic E-state index is 12.7. The molecule has 2 aromatic carbocycles. The lowest BCUT2D eigenvalue weighted by atomic mass is 10.2. The second-order valence-electron chi connectivity index (χ2n) is 7.72. The Labute approximate surface area is 189 Å². The Morgan fingerprint density at radius 3 is 2.41 bits per heavy atom. The Bertz CT molecular complexity index is 1180. The summed E-state index contributed by atoms with van der Waals surface area (Å²) in [4.78, 5) is -0.444. The average molecular weight is 484 g/mol. The van der Waals surface area contributed by atoms with E-state index in [1.54, 1.807) is 26.2 Å². The van der Waals surface area contributed by atoms with Crippen LogP contribution in [0.15, 0.2) is 46.2 Å². The number of nitrogens with one attached hydrogen (secondary N) is 2. The van der Waals surface area contributed by atoms with E-state index in [2.05, 4.69) is 10.0 Å². The zero-order chi connectivity index (χ0) is 23.5. The standard InChI is InChI=1S/C21H29N3O6S2/c1-4-30-20-11-15(5-10-19(20)29-3)13-23-18-9-8-17(12-21(18)31(22,25)26)32(27,28)24-14(2)16-6-7-16/h5,8-12,14,16,23-24H,4,6-7,13H2,1-3H3,(H2,22,25,26). The Balaban J connectivity index is 1.85. The van der Waals surface area contributed by atoms with Crippen LogP contribution in [0.2, 0.25) is 0 Å². The summed E-state index contributed by atoms with van der Waals surface area (Å²) in [5.74, 6) is 1.47. The lowest BCUT2D eigenvalue weighted by Gasteiger charge is -2.16. The number of hydrogen-bond donors (Lipinski definition) is 3. The quantitative estimate of drug-likeness (QED) is 0.446. The molecule has 0 radical (unpaired) electrons. The first-order valence-electron chi connectivity index (χ1n) is 10.3. The fourth-order valence-electron chi connectivity index (χ4n) is 3.35. The first-order chi connectivity index (χ1) is 15.0. The van der Waals surface area contributed by atoms with Gasteiger partial charge in [0.1, 0.15) is 4.90 Å². The third kappa shape index (κ3) is 5.91. The minimum absolute atomic E-state index is 0.150. The molecule has 176 valence electrons. The highest BCUT2D eigenvalue weighted by atomic mass is 32.2. The van der Waals surface area contributed by atoms with Crippen molar-refractivity contribution in [1.82, 2.24) is 4.72 Å². The third-order valence-electron chi connectivity index (χ3n) is 5.25. The van der Waals surface area contributed by atoms with Gasteiger partial charge in [0.2, 0.25) is 20.0 Å². The summed E-state index contributed by atoms with van der Waals surface area (Å²) in [6.45, 7) is 4.39. The molecular formula is C21H29N3O6S2. The molecular weight excluding hydrogens is 454 g/mol. The minimum Gasteiger partial charge on any atom is -0.493 e. The second kappa shape index (κ2) is 9.65. The van der Waals surface area contributed by atoms with Crippen molar-refractivity contribution < 1.29 is 26.3 Å². The van der Waals surface area contributed by atoms with Gasteiger partial charge in [0.25, 0.3) is 0 Å². The van der Waals surface area contributed by atoms with Gasteiger partial charge < -0.3 is 14.8 Å². The normalized spacial score (nSPS) is 15.2. The van der Waals surface area contributed by atoms with E-state index in [1.165, 1.54) is 12.1 Å². The largest absolute Gasteiger partial charge is 0.493 e. The molecule has 0 aromatic heterocycles. The van der Waals surface area contributed by atoms with Crippen molar-refractivity contribution in [3.8, 4) is 11.5 Å². The maximum absolute atomic E-state index is 12.7. The Morgan fingerprint density at radius 1 is 1.09 bits per heavy atom. The van der Waals surface area contributed by atoms with Crippen molar-refractivity contribution in [3.63, 3.8) is 0 Å². The molecule has 0 aliphatic heterocycles. The van der Waals surface area contributed by atoms with Crippen LogP contribution in [0, 0.1) is 5.92 Å². The second-order valence-corrected chi connectivity index (χ2v) is 11.0. The number of primary sulfonamides is 1. The van der Waals surface area contributed by atoms with Gasteiger partial charge in [-0.25, -0.2) is 26.7 Å². The molecule has 1 fully saturated rings. The molecule has 1 atom stereocenters. The number of sulfonamides is 2. The van der Waals surface area contributed by atoms with Crippen LogP contribution in [0.5, 0.6) is 11.5 Å². The molecule has 1 aliphatic rings. The number of nitrogens with two attached hydrogens (primary N) is 1. The van der Waals surface area contributed by atoms with Gasteiger partial charge in [-0.2, -0.15) is 0 Å². The van der Waals surface area contributed by atoms with Crippen molar-refractivity contribution in [2.24, 2.45) is 11.1 Å². The lowest BCUT2D eigenvalue weighted by molar-refractivity contribution is 0.310. The highest BCUT2D eigenvalue weighted by Gasteiger charge is 2.31. The summed E-state index contributed by atoms with van der Waals surface area (Å²) >= 11 is 0. The Morgan fingerprint density at radius 2 is 1.81 bits per heavy atom. The van der Waals surface area contributed by atoms with Crippen molar-refractivity contribution in [2.45, 2.75) is 49.1 Å². The van der Waals surface area contributed by atoms with Crippen molar-refractivity contribution in [3.05, 3.63) is 42.0 Å². The monoisotopic (exact) mass is 483 g/mol. The van der Waals surface area contributed by atoms with Gasteiger partial charge >= 0.3 is 0 Å². The summed E-state index contributed by atoms with van der Waals surface area (Å²) < 4.78 is 63.2. The van der Waals surface area contributed by atoms with Gasteiger partial charge in [-0.3, -0.25) is 0 Å². The van der Waals surface area contributed by atoms with Crippen LogP contribution >= 0.6 is 0 Å². The number of methoxy groups -OCH3 is 1. The van der Waals surface area contributed by atoms with Crippen LogP contribution in [0.4, 0.5) is 5.69 Å². The molecule has 0 bridgehead atoms. The van der Waals surface area contributed by atoms with E-state index in [9.17, 15) is 16.8 Å². The molecule has 0 spiro atoms. The van der Waals surface area contributed by atoms with Gasteiger partial charge in [0, 0.05) is 12.6 Å². The summed E-state index contributed by atoms with van der Waals surface area (Å²) in [5.41, 5.74) is 1.02. The molecule has 9 nitrogen and oxygen atoms in total. The summed E-state index contributed by atoms with van der Waals surface area (Å²) in [6.07, 6.45) is 1.96. The maximum Gasteiger partial charge on any atom is 0.240 e. The van der Waals surface area contributed by atoms with Crippen LogP contribution in [-0.4, -0.2) is 36.6 Å². The van der Waals surface area contributed by atoms with Crippen molar-refractivity contribution >= 4 is 25.7 Å². The average Bonchev–Trinajstić information content (AvgIpc) is 3.57. The number of rotatable bonds is 11. The van der Waals surface area contributed by atoms with Gasteiger partial charge in [-0.15, -0.1) is 0 Å². The Hall–Kier alpha value is -2.34. The van der Waals surface area contributed by atoms with Gasteiger partial charge in [-0.1, -0.05) is 6.07 Å². The van der Waals surface area contributed by atoms with Gasteiger partial charge in [-0.05, 0) is 68.5 Å². The molecule has 2 aromatic rings. The van der Waals surface area contributed by atoms with E-state index in [0.29, 0.717) is 24.0 Å². The first-order valence-corrected chi connectivity index (χ1v) is 13.3. The molecule has 1 aliphatic carbocycles. The van der Waals surface area contributed by atoms with E-state index < -0.39 is 20.0 Å². The van der Waals surface area contributed by atoms with Crippen LogP contribution in [0.1, 0.15) is 32.3 Å². The molecule has 32 heavy (non-hydrogen) atoms. The molecule has 11 heteroatoms. The van der Waals surface area contributed by atoms with Crippen molar-refractivity contribution in [1.29, 1.82) is 0 Å². The van der Waals surface area contributed by atoms with E-state index in [4.69, 9.17) is 14.6 Å². The number of anilines is 1. The topological polar surface area (TPSA) is 137 Å². The van der Waals surface area contributed by atoms with E-state index in [-0.39, 0.29) is 28.1 Å². The number of ether oxygens (including phenoxy) is 2. The zero-order valence-corrected chi connectivity index (χ0v) is 19.9. The van der Waals surface area contributed by atoms with Crippen LogP contribution in [-0.2, 0) is 26.6 Å². The van der Waals surface area contributed by atoms with Crippen LogP contribution < -0.4 is 24.7 Å². The Kier molecular flexibility index (Phi) is 7.33. The number of benzene rings is 2. The fraction of sp³-hybridized carbons (Fsp3) is 0.429. The number of hydrogen-bond acceptors (Lipinski definition) is 7. The molecule has 1 unspecified atom stereocenters. The van der Waals surface area contributed by atoms with E-state index in [1.807, 2.05) is 13.0 Å². The molecule has 0 heterocycles. The predicted octanol–water partition coefficient (Wildman–Crippen LogP) is 2.43. The predicted molar refractivity (Wildman–Crippen MR) is 122 cm³/mol. The third-order valence-corrected chi connectivity index (χ3v) is 7.76. The van der Waals surface area contributed by atoms with E-state index >= 15 is 0 Å². The summed E-state index contributed by atoms with van der Waals surface area (Å²) in [5, 5.41) is 8.40. The van der Waals surface area contributed by atoms with Crippen LogP contribution in [0.3, 0.4) is 0 Å².